The maximum Gasteiger partial charge on any atom is 0.147 e. The fraction of sp³-hybridized carbons (Fsp3) is 0.500. The van der Waals surface area contributed by atoms with E-state index in [1.807, 2.05) is 26.0 Å². The van der Waals surface area contributed by atoms with Gasteiger partial charge in [-0.3, -0.25) is 0 Å². The first-order chi connectivity index (χ1) is 8.70. The molecule has 1 aromatic carbocycles. The van der Waals surface area contributed by atoms with Gasteiger partial charge in [-0.2, -0.15) is 0 Å². The van der Waals surface area contributed by atoms with Gasteiger partial charge in [0.25, 0.3) is 0 Å². The highest BCUT2D eigenvalue weighted by atomic mass is 35.5. The van der Waals surface area contributed by atoms with Crippen LogP contribution in [-0.2, 0) is 5.88 Å². The van der Waals surface area contributed by atoms with Crippen molar-refractivity contribution in [3.05, 3.63) is 24.0 Å². The lowest BCUT2D eigenvalue weighted by molar-refractivity contribution is 0.245. The minimum absolute atomic E-state index is 0.154. The minimum atomic E-state index is 0.154. The summed E-state index contributed by atoms with van der Waals surface area (Å²) < 4.78 is 8.09. The Morgan fingerprint density at radius 1 is 1.44 bits per heavy atom. The Morgan fingerprint density at radius 3 is 2.83 bits per heavy atom. The summed E-state index contributed by atoms with van der Waals surface area (Å²) in [5.41, 5.74) is 2.08. The van der Waals surface area contributed by atoms with Gasteiger partial charge in [-0.25, -0.2) is 4.98 Å². The van der Waals surface area contributed by atoms with Crippen molar-refractivity contribution in [3.63, 3.8) is 0 Å². The van der Waals surface area contributed by atoms with Crippen LogP contribution in [0.1, 0.15) is 38.6 Å². The quantitative estimate of drug-likeness (QED) is 0.783. The zero-order valence-electron chi connectivity index (χ0n) is 10.7. The van der Waals surface area contributed by atoms with E-state index >= 15 is 0 Å². The highest BCUT2D eigenvalue weighted by molar-refractivity contribution is 6.16. The third kappa shape index (κ3) is 1.97. The number of hydrogen-bond acceptors (Lipinski definition) is 2. The molecule has 0 aliphatic heterocycles. The second-order valence-corrected chi connectivity index (χ2v) is 5.32. The number of fused-ring (bicyclic) bond motifs is 1. The first-order valence-electron chi connectivity index (χ1n) is 6.43. The molecule has 0 atom stereocenters. The fourth-order valence-corrected chi connectivity index (χ4v) is 2.51. The molecule has 96 valence electrons. The molecular weight excluding hydrogens is 248 g/mol. The summed E-state index contributed by atoms with van der Waals surface area (Å²) in [7, 11) is 0. The van der Waals surface area contributed by atoms with Crippen molar-refractivity contribution in [2.24, 2.45) is 0 Å². The van der Waals surface area contributed by atoms with E-state index in [0.29, 0.717) is 11.9 Å². The summed E-state index contributed by atoms with van der Waals surface area (Å²) in [6.07, 6.45) is 2.61. The molecule has 0 N–H and O–H groups in total. The minimum Gasteiger partial charge on any atom is -0.489 e. The van der Waals surface area contributed by atoms with E-state index in [9.17, 15) is 0 Å². The molecule has 1 heterocycles. The Labute approximate surface area is 112 Å². The van der Waals surface area contributed by atoms with E-state index < -0.39 is 0 Å². The van der Waals surface area contributed by atoms with Crippen molar-refractivity contribution in [2.75, 3.05) is 0 Å². The molecular formula is C14H17ClN2O. The topological polar surface area (TPSA) is 27.1 Å². The normalized spacial score (nSPS) is 15.6. The molecule has 1 fully saturated rings. The molecule has 0 radical (unpaired) electrons. The maximum absolute atomic E-state index is 6.01. The van der Waals surface area contributed by atoms with Gasteiger partial charge in [-0.1, -0.05) is 6.07 Å². The van der Waals surface area contributed by atoms with Crippen molar-refractivity contribution in [1.82, 2.24) is 9.55 Å². The van der Waals surface area contributed by atoms with Gasteiger partial charge >= 0.3 is 0 Å². The van der Waals surface area contributed by atoms with Gasteiger partial charge in [-0.15, -0.1) is 11.6 Å². The largest absolute Gasteiger partial charge is 0.489 e. The van der Waals surface area contributed by atoms with Crippen LogP contribution in [0, 0.1) is 0 Å². The lowest BCUT2D eigenvalue weighted by Crippen LogP contribution is -2.05. The smallest absolute Gasteiger partial charge is 0.147 e. The van der Waals surface area contributed by atoms with E-state index in [4.69, 9.17) is 16.3 Å². The molecule has 4 heteroatoms. The number of para-hydroxylation sites is 1. The molecule has 0 amide bonds. The lowest BCUT2D eigenvalue weighted by Gasteiger charge is -2.10. The fourth-order valence-electron chi connectivity index (χ4n) is 2.32. The van der Waals surface area contributed by atoms with E-state index in [0.717, 1.165) is 22.6 Å². The maximum atomic E-state index is 6.01. The molecule has 1 aromatic heterocycles. The summed E-state index contributed by atoms with van der Waals surface area (Å²) in [4.78, 5) is 4.65. The van der Waals surface area contributed by atoms with Gasteiger partial charge in [0.05, 0.1) is 17.5 Å². The van der Waals surface area contributed by atoms with E-state index in [-0.39, 0.29) is 6.10 Å². The summed E-state index contributed by atoms with van der Waals surface area (Å²) >= 11 is 6.01. The third-order valence-electron chi connectivity index (χ3n) is 3.15. The molecule has 3 rings (SSSR count). The van der Waals surface area contributed by atoms with Crippen molar-refractivity contribution in [1.29, 1.82) is 0 Å². The molecule has 1 aliphatic carbocycles. The summed E-state index contributed by atoms with van der Waals surface area (Å²) in [5, 5.41) is 0. The molecule has 0 unspecified atom stereocenters. The van der Waals surface area contributed by atoms with Gasteiger partial charge in [-0.05, 0) is 38.8 Å². The Balaban J connectivity index is 2.16. The van der Waals surface area contributed by atoms with Gasteiger partial charge in [0.2, 0.25) is 0 Å². The average molecular weight is 265 g/mol. The van der Waals surface area contributed by atoms with E-state index in [1.165, 1.54) is 12.8 Å². The zero-order valence-corrected chi connectivity index (χ0v) is 11.4. The van der Waals surface area contributed by atoms with Crippen LogP contribution in [-0.4, -0.2) is 15.7 Å². The molecule has 0 spiro atoms. The van der Waals surface area contributed by atoms with Crippen LogP contribution in [0.2, 0.25) is 0 Å². The first kappa shape index (κ1) is 11.8. The van der Waals surface area contributed by atoms with E-state index in [2.05, 4.69) is 15.6 Å². The molecule has 2 aromatic rings. The number of benzene rings is 1. The number of halogens is 1. The van der Waals surface area contributed by atoms with Gasteiger partial charge in [0.15, 0.2) is 0 Å². The number of hydrogen-bond donors (Lipinski definition) is 0. The predicted octanol–water partition coefficient (Wildman–Crippen LogP) is 3.90. The second kappa shape index (κ2) is 4.47. The van der Waals surface area contributed by atoms with Crippen molar-refractivity contribution in [2.45, 2.75) is 44.7 Å². The molecule has 1 saturated carbocycles. The van der Waals surface area contributed by atoms with Crippen molar-refractivity contribution < 1.29 is 4.74 Å². The van der Waals surface area contributed by atoms with Gasteiger partial charge in [0.1, 0.15) is 17.1 Å². The zero-order chi connectivity index (χ0) is 12.7. The summed E-state index contributed by atoms with van der Waals surface area (Å²) in [6.45, 7) is 4.05. The Morgan fingerprint density at radius 2 is 2.22 bits per heavy atom. The standard InChI is InChI=1S/C14H17ClN2O/c1-9(2)18-12-5-3-4-11-14(12)16-13(8-15)17(11)10-6-7-10/h3-5,9-10H,6-8H2,1-2H3. The average Bonchev–Trinajstić information content (AvgIpc) is 3.09. The van der Waals surface area contributed by atoms with Crippen molar-refractivity contribution in [3.8, 4) is 5.75 Å². The van der Waals surface area contributed by atoms with Crippen LogP contribution >= 0.6 is 11.6 Å². The molecule has 0 saturated heterocycles. The number of nitrogens with zero attached hydrogens (tertiary/aromatic N) is 2. The first-order valence-corrected chi connectivity index (χ1v) is 6.96. The Bertz CT molecular complexity index is 572. The number of ether oxygens (including phenoxy) is 1. The lowest BCUT2D eigenvalue weighted by atomic mass is 10.3. The molecule has 1 aliphatic rings. The van der Waals surface area contributed by atoms with Crippen LogP contribution in [0.5, 0.6) is 5.75 Å². The Hall–Kier alpha value is -1.22. The highest BCUT2D eigenvalue weighted by Gasteiger charge is 2.28. The Kier molecular flexibility index (Phi) is 2.94. The van der Waals surface area contributed by atoms with Crippen LogP contribution in [0.4, 0.5) is 0 Å². The monoisotopic (exact) mass is 264 g/mol. The SMILES string of the molecule is CC(C)Oc1cccc2c1nc(CCl)n2C1CC1. The van der Waals surface area contributed by atoms with Gasteiger partial charge < -0.3 is 9.30 Å². The number of imidazole rings is 1. The second-order valence-electron chi connectivity index (χ2n) is 5.05. The molecule has 0 bridgehead atoms. The third-order valence-corrected chi connectivity index (χ3v) is 3.39. The predicted molar refractivity (Wildman–Crippen MR) is 73.3 cm³/mol. The molecule has 18 heavy (non-hydrogen) atoms. The van der Waals surface area contributed by atoms with Crippen LogP contribution in [0.3, 0.4) is 0 Å². The van der Waals surface area contributed by atoms with E-state index in [1.54, 1.807) is 0 Å². The number of aromatic nitrogens is 2. The summed E-state index contributed by atoms with van der Waals surface area (Å²) in [6, 6.07) is 6.69. The number of alkyl halides is 1. The van der Waals surface area contributed by atoms with Crippen molar-refractivity contribution >= 4 is 22.6 Å². The summed E-state index contributed by atoms with van der Waals surface area (Å²) in [5.74, 6) is 2.26. The van der Waals surface area contributed by atoms with Crippen LogP contribution in [0.15, 0.2) is 18.2 Å². The van der Waals surface area contributed by atoms with Gasteiger partial charge in [0, 0.05) is 6.04 Å². The highest BCUT2D eigenvalue weighted by Crippen LogP contribution is 2.40. The molecule has 3 nitrogen and oxygen atoms in total. The van der Waals surface area contributed by atoms with Crippen LogP contribution in [0.25, 0.3) is 11.0 Å². The van der Waals surface area contributed by atoms with Crippen LogP contribution < -0.4 is 4.74 Å². The number of rotatable bonds is 4.